The van der Waals surface area contributed by atoms with Gasteiger partial charge >= 0.3 is 0 Å². The van der Waals surface area contributed by atoms with Crippen molar-refractivity contribution in [1.82, 2.24) is 19.5 Å². The van der Waals surface area contributed by atoms with E-state index in [9.17, 15) is 12.8 Å². The van der Waals surface area contributed by atoms with Crippen molar-refractivity contribution in [2.45, 2.75) is 23.7 Å². The molecule has 0 aliphatic carbocycles. The lowest BCUT2D eigenvalue weighted by Gasteiger charge is -2.30. The van der Waals surface area contributed by atoms with E-state index in [0.29, 0.717) is 30.4 Å². The fraction of sp³-hybridized carbons (Fsp3) is 0.278. The highest BCUT2D eigenvalue weighted by atomic mass is 32.2. The van der Waals surface area contributed by atoms with E-state index in [0.717, 1.165) is 12.5 Å². The van der Waals surface area contributed by atoms with Gasteiger partial charge < -0.3 is 4.42 Å². The van der Waals surface area contributed by atoms with Gasteiger partial charge in [-0.2, -0.15) is 4.31 Å². The van der Waals surface area contributed by atoms with Crippen LogP contribution in [0.25, 0.3) is 11.6 Å². The zero-order chi connectivity index (χ0) is 18.9. The Labute approximate surface area is 155 Å². The summed E-state index contributed by atoms with van der Waals surface area (Å²) in [5.41, 5.74) is 0.566. The molecule has 3 aromatic rings. The molecule has 1 atom stereocenters. The molecule has 3 heterocycles. The molecule has 0 amide bonds. The third kappa shape index (κ3) is 3.60. The monoisotopic (exact) mass is 388 g/mol. The van der Waals surface area contributed by atoms with E-state index < -0.39 is 15.8 Å². The van der Waals surface area contributed by atoms with E-state index in [1.807, 2.05) is 6.07 Å². The first-order valence-corrected chi connectivity index (χ1v) is 9.98. The Morgan fingerprint density at radius 1 is 1.15 bits per heavy atom. The van der Waals surface area contributed by atoms with Crippen molar-refractivity contribution in [3.63, 3.8) is 0 Å². The Bertz CT molecular complexity index is 1040. The number of pyridine rings is 1. The molecule has 2 aromatic heterocycles. The molecule has 1 aromatic carbocycles. The molecule has 0 bridgehead atoms. The van der Waals surface area contributed by atoms with Crippen LogP contribution >= 0.6 is 0 Å². The lowest BCUT2D eigenvalue weighted by molar-refractivity contribution is 0.286. The lowest BCUT2D eigenvalue weighted by atomic mass is 10.00. The molecular weight excluding hydrogens is 371 g/mol. The highest BCUT2D eigenvalue weighted by Gasteiger charge is 2.33. The number of piperidine rings is 1. The predicted octanol–water partition coefficient (Wildman–Crippen LogP) is 2.84. The van der Waals surface area contributed by atoms with Gasteiger partial charge in [-0.15, -0.1) is 10.2 Å². The smallest absolute Gasteiger partial charge is 0.266 e. The number of aromatic nitrogens is 3. The molecule has 1 saturated heterocycles. The second-order valence-corrected chi connectivity index (χ2v) is 8.26. The average molecular weight is 388 g/mol. The normalized spacial score (nSPS) is 18.5. The van der Waals surface area contributed by atoms with Gasteiger partial charge in [-0.05, 0) is 43.2 Å². The van der Waals surface area contributed by atoms with E-state index >= 15 is 0 Å². The Morgan fingerprint density at radius 2 is 2.04 bits per heavy atom. The Balaban J connectivity index is 1.56. The minimum absolute atomic E-state index is 0.0529. The van der Waals surface area contributed by atoms with Gasteiger partial charge in [0.25, 0.3) is 5.89 Å². The number of rotatable bonds is 4. The van der Waals surface area contributed by atoms with E-state index in [2.05, 4.69) is 15.2 Å². The van der Waals surface area contributed by atoms with Gasteiger partial charge in [-0.3, -0.25) is 4.98 Å². The first kappa shape index (κ1) is 17.7. The van der Waals surface area contributed by atoms with Crippen molar-refractivity contribution in [3.8, 4) is 11.6 Å². The minimum Gasteiger partial charge on any atom is -0.419 e. The van der Waals surface area contributed by atoms with Crippen LogP contribution in [0.1, 0.15) is 24.7 Å². The van der Waals surface area contributed by atoms with Crippen LogP contribution in [0, 0.1) is 5.82 Å². The Hall–Kier alpha value is -2.65. The van der Waals surface area contributed by atoms with Gasteiger partial charge in [0.2, 0.25) is 15.9 Å². The third-order valence-electron chi connectivity index (χ3n) is 4.49. The maximum atomic E-state index is 13.4. The van der Waals surface area contributed by atoms with Crippen LogP contribution in [-0.2, 0) is 10.0 Å². The maximum Gasteiger partial charge on any atom is 0.266 e. The second-order valence-electron chi connectivity index (χ2n) is 6.32. The summed E-state index contributed by atoms with van der Waals surface area (Å²) < 4.78 is 46.2. The van der Waals surface area contributed by atoms with Crippen LogP contribution in [0.15, 0.2) is 58.0 Å². The molecular formula is C18H17FN4O3S. The molecule has 1 aliphatic rings. The fourth-order valence-electron chi connectivity index (χ4n) is 3.13. The van der Waals surface area contributed by atoms with Crippen LogP contribution in [0.2, 0.25) is 0 Å². The summed E-state index contributed by atoms with van der Waals surface area (Å²) in [6.07, 6.45) is 3.02. The molecule has 0 saturated carbocycles. The van der Waals surface area contributed by atoms with Gasteiger partial charge in [-0.1, -0.05) is 12.1 Å². The van der Waals surface area contributed by atoms with E-state index in [-0.39, 0.29) is 17.4 Å². The maximum absolute atomic E-state index is 13.4. The molecule has 4 rings (SSSR count). The molecule has 1 aliphatic heterocycles. The van der Waals surface area contributed by atoms with Gasteiger partial charge in [0.05, 0.1) is 10.8 Å². The number of halogens is 1. The summed E-state index contributed by atoms with van der Waals surface area (Å²) in [4.78, 5) is 4.12. The Morgan fingerprint density at radius 3 is 2.81 bits per heavy atom. The van der Waals surface area contributed by atoms with E-state index in [1.54, 1.807) is 18.3 Å². The Kier molecular flexibility index (Phi) is 4.71. The summed E-state index contributed by atoms with van der Waals surface area (Å²) in [5.74, 6) is -0.112. The third-order valence-corrected chi connectivity index (χ3v) is 6.35. The largest absolute Gasteiger partial charge is 0.419 e. The fourth-order valence-corrected chi connectivity index (χ4v) is 4.69. The number of sulfonamides is 1. The van der Waals surface area contributed by atoms with Crippen molar-refractivity contribution in [2.75, 3.05) is 13.1 Å². The van der Waals surface area contributed by atoms with Crippen LogP contribution in [0.3, 0.4) is 0 Å². The van der Waals surface area contributed by atoms with Gasteiger partial charge in [0, 0.05) is 19.3 Å². The van der Waals surface area contributed by atoms with Crippen LogP contribution < -0.4 is 0 Å². The SMILES string of the molecule is O=S(=O)(c1cccc(F)c1)N1CCCC(c2nnc(-c3ccccn3)o2)C1. The summed E-state index contributed by atoms with van der Waals surface area (Å²) in [6.45, 7) is 0.583. The van der Waals surface area contributed by atoms with Gasteiger partial charge in [-0.25, -0.2) is 12.8 Å². The first-order chi connectivity index (χ1) is 13.0. The summed E-state index contributed by atoms with van der Waals surface area (Å²) in [6, 6.07) is 10.4. The molecule has 0 spiro atoms. The zero-order valence-corrected chi connectivity index (χ0v) is 15.1. The first-order valence-electron chi connectivity index (χ1n) is 8.54. The number of benzene rings is 1. The number of hydrogen-bond acceptors (Lipinski definition) is 6. The molecule has 1 fully saturated rings. The minimum atomic E-state index is -3.78. The summed E-state index contributed by atoms with van der Waals surface area (Å²) in [7, 11) is -3.78. The van der Waals surface area contributed by atoms with Crippen molar-refractivity contribution >= 4 is 10.0 Å². The van der Waals surface area contributed by atoms with Crippen LogP contribution in [-0.4, -0.2) is 41.0 Å². The van der Waals surface area contributed by atoms with Crippen molar-refractivity contribution < 1.29 is 17.2 Å². The zero-order valence-electron chi connectivity index (χ0n) is 14.3. The quantitative estimate of drug-likeness (QED) is 0.683. The van der Waals surface area contributed by atoms with E-state index in [1.165, 1.54) is 22.5 Å². The van der Waals surface area contributed by atoms with Crippen LogP contribution in [0.4, 0.5) is 4.39 Å². The lowest BCUT2D eigenvalue weighted by Crippen LogP contribution is -2.39. The molecule has 27 heavy (non-hydrogen) atoms. The predicted molar refractivity (Wildman–Crippen MR) is 94.7 cm³/mol. The standard InChI is InChI=1S/C18H17FN4O3S/c19-14-6-3-7-15(11-14)27(24,25)23-10-4-5-13(12-23)17-21-22-18(26-17)16-8-1-2-9-20-16/h1-3,6-9,11,13H,4-5,10,12H2. The summed E-state index contributed by atoms with van der Waals surface area (Å²) >= 11 is 0. The molecule has 0 N–H and O–H groups in total. The molecule has 7 nitrogen and oxygen atoms in total. The highest BCUT2D eigenvalue weighted by Crippen LogP contribution is 2.31. The van der Waals surface area contributed by atoms with Gasteiger partial charge in [0.1, 0.15) is 11.5 Å². The molecule has 9 heteroatoms. The van der Waals surface area contributed by atoms with Crippen LogP contribution in [0.5, 0.6) is 0 Å². The second kappa shape index (κ2) is 7.16. The topological polar surface area (TPSA) is 89.2 Å². The highest BCUT2D eigenvalue weighted by molar-refractivity contribution is 7.89. The van der Waals surface area contributed by atoms with E-state index in [4.69, 9.17) is 4.42 Å². The number of nitrogens with zero attached hydrogens (tertiary/aromatic N) is 4. The van der Waals surface area contributed by atoms with Crippen molar-refractivity contribution in [3.05, 3.63) is 60.4 Å². The molecule has 1 unspecified atom stereocenters. The molecule has 140 valence electrons. The van der Waals surface area contributed by atoms with Gasteiger partial charge in [0.15, 0.2) is 0 Å². The van der Waals surface area contributed by atoms with Crippen molar-refractivity contribution in [2.24, 2.45) is 0 Å². The number of hydrogen-bond donors (Lipinski definition) is 0. The van der Waals surface area contributed by atoms with Crippen molar-refractivity contribution in [1.29, 1.82) is 0 Å². The summed E-state index contributed by atoms with van der Waals surface area (Å²) in [5, 5.41) is 8.10. The molecule has 0 radical (unpaired) electrons. The average Bonchev–Trinajstić information content (AvgIpc) is 3.19.